The number of methoxy groups -OCH3 is 1. The lowest BCUT2D eigenvalue weighted by Gasteiger charge is -2.34. The molecule has 0 unspecified atom stereocenters. The first-order chi connectivity index (χ1) is 13.7. The molecule has 3 aromatic rings. The number of ether oxygens (including phenoxy) is 1. The summed E-state index contributed by atoms with van der Waals surface area (Å²) in [6.45, 7) is 4.50. The van der Waals surface area contributed by atoms with E-state index in [2.05, 4.69) is 25.1 Å². The van der Waals surface area contributed by atoms with Gasteiger partial charge in [-0.1, -0.05) is 0 Å². The molecule has 0 atom stereocenters. The average Bonchev–Trinajstić information content (AvgIpc) is 3.23. The standard InChI is InChI=1S/C20H20N6OS/c1-27-18-4-2-15(3-5-18)20-24-17(14-28-20)13-25-6-8-26(9-7-25)19-12-22-16(10-21)11-23-19/h2-5,11-12,14H,6-9,13H2,1H3. The van der Waals surface area contributed by atoms with Crippen LogP contribution >= 0.6 is 11.3 Å². The second kappa shape index (κ2) is 8.33. The lowest BCUT2D eigenvalue weighted by Crippen LogP contribution is -2.46. The third-order valence-corrected chi connectivity index (χ3v) is 5.66. The molecule has 7 nitrogen and oxygen atoms in total. The van der Waals surface area contributed by atoms with Gasteiger partial charge in [-0.05, 0) is 24.3 Å². The van der Waals surface area contributed by atoms with Gasteiger partial charge in [-0.2, -0.15) is 5.26 Å². The minimum Gasteiger partial charge on any atom is -0.497 e. The van der Waals surface area contributed by atoms with Crippen molar-refractivity contribution in [2.45, 2.75) is 6.54 Å². The van der Waals surface area contributed by atoms with Gasteiger partial charge in [0, 0.05) is 43.7 Å². The molecule has 0 spiro atoms. The van der Waals surface area contributed by atoms with E-state index >= 15 is 0 Å². The first-order valence-electron chi connectivity index (χ1n) is 9.03. The Labute approximate surface area is 167 Å². The van der Waals surface area contributed by atoms with Crippen molar-refractivity contribution in [3.05, 3.63) is 53.4 Å². The minimum absolute atomic E-state index is 0.346. The molecule has 1 aliphatic rings. The maximum atomic E-state index is 8.83. The molecule has 1 saturated heterocycles. The van der Waals surface area contributed by atoms with E-state index in [0.29, 0.717) is 5.69 Å². The van der Waals surface area contributed by atoms with Crippen LogP contribution in [0.2, 0.25) is 0 Å². The van der Waals surface area contributed by atoms with Crippen LogP contribution in [-0.4, -0.2) is 53.1 Å². The van der Waals surface area contributed by atoms with Crippen LogP contribution in [0.4, 0.5) is 5.82 Å². The lowest BCUT2D eigenvalue weighted by atomic mass is 10.2. The highest BCUT2D eigenvalue weighted by Gasteiger charge is 2.19. The zero-order valence-corrected chi connectivity index (χ0v) is 16.4. The first-order valence-corrected chi connectivity index (χ1v) is 9.91. The van der Waals surface area contributed by atoms with Gasteiger partial charge >= 0.3 is 0 Å². The Bertz CT molecular complexity index is 956. The number of anilines is 1. The lowest BCUT2D eigenvalue weighted by molar-refractivity contribution is 0.247. The van der Waals surface area contributed by atoms with E-state index in [0.717, 1.165) is 60.6 Å². The predicted octanol–water partition coefficient (Wildman–Crippen LogP) is 2.80. The zero-order chi connectivity index (χ0) is 19.3. The van der Waals surface area contributed by atoms with E-state index in [-0.39, 0.29) is 0 Å². The second-order valence-corrected chi connectivity index (χ2v) is 7.37. The summed E-state index contributed by atoms with van der Waals surface area (Å²) in [6.07, 6.45) is 3.20. The summed E-state index contributed by atoms with van der Waals surface area (Å²) >= 11 is 1.67. The number of hydrogen-bond donors (Lipinski definition) is 0. The van der Waals surface area contributed by atoms with Gasteiger partial charge in [0.2, 0.25) is 0 Å². The van der Waals surface area contributed by atoms with Crippen molar-refractivity contribution in [2.24, 2.45) is 0 Å². The molecule has 1 fully saturated rings. The molecule has 3 heterocycles. The number of benzene rings is 1. The quantitative estimate of drug-likeness (QED) is 0.661. The van der Waals surface area contributed by atoms with Crippen LogP contribution < -0.4 is 9.64 Å². The Morgan fingerprint density at radius 3 is 2.54 bits per heavy atom. The van der Waals surface area contributed by atoms with Gasteiger partial charge in [-0.25, -0.2) is 15.0 Å². The van der Waals surface area contributed by atoms with Crippen LogP contribution in [0.25, 0.3) is 10.6 Å². The maximum absolute atomic E-state index is 8.83. The predicted molar refractivity (Wildman–Crippen MR) is 108 cm³/mol. The SMILES string of the molecule is COc1ccc(-c2nc(CN3CCN(c4cnc(C#N)cn4)CC3)cs2)cc1. The van der Waals surface area contributed by atoms with Gasteiger partial charge in [-0.15, -0.1) is 11.3 Å². The summed E-state index contributed by atoms with van der Waals surface area (Å²) in [7, 11) is 1.67. The molecule has 8 heteroatoms. The Morgan fingerprint density at radius 2 is 1.89 bits per heavy atom. The summed E-state index contributed by atoms with van der Waals surface area (Å²) in [5, 5.41) is 12.0. The largest absolute Gasteiger partial charge is 0.497 e. The molecule has 0 bridgehead atoms. The van der Waals surface area contributed by atoms with Crippen LogP contribution in [0.3, 0.4) is 0 Å². The van der Waals surface area contributed by atoms with Gasteiger partial charge in [0.05, 0.1) is 25.2 Å². The fraction of sp³-hybridized carbons (Fsp3) is 0.300. The van der Waals surface area contributed by atoms with Crippen molar-refractivity contribution in [1.82, 2.24) is 19.9 Å². The van der Waals surface area contributed by atoms with E-state index < -0.39 is 0 Å². The molecule has 1 aromatic carbocycles. The molecule has 28 heavy (non-hydrogen) atoms. The number of nitriles is 1. The third-order valence-electron chi connectivity index (χ3n) is 4.72. The van der Waals surface area contributed by atoms with Crippen LogP contribution in [0.5, 0.6) is 5.75 Å². The Morgan fingerprint density at radius 1 is 1.11 bits per heavy atom. The minimum atomic E-state index is 0.346. The number of nitrogens with zero attached hydrogens (tertiary/aromatic N) is 6. The van der Waals surface area contributed by atoms with E-state index in [9.17, 15) is 0 Å². The molecule has 0 aliphatic carbocycles. The van der Waals surface area contributed by atoms with Gasteiger partial charge in [-0.3, -0.25) is 4.90 Å². The smallest absolute Gasteiger partial charge is 0.158 e. The second-order valence-electron chi connectivity index (χ2n) is 6.51. The molecule has 0 amide bonds. The summed E-state index contributed by atoms with van der Waals surface area (Å²) in [4.78, 5) is 17.8. The highest BCUT2D eigenvalue weighted by atomic mass is 32.1. The molecule has 4 rings (SSSR count). The van der Waals surface area contributed by atoms with Crippen molar-refractivity contribution in [3.8, 4) is 22.4 Å². The highest BCUT2D eigenvalue weighted by molar-refractivity contribution is 7.13. The van der Waals surface area contributed by atoms with Crippen LogP contribution in [-0.2, 0) is 6.54 Å². The number of piperazine rings is 1. The van der Waals surface area contributed by atoms with Crippen LogP contribution in [0, 0.1) is 11.3 Å². The van der Waals surface area contributed by atoms with Crippen molar-refractivity contribution in [1.29, 1.82) is 5.26 Å². The van der Waals surface area contributed by atoms with Gasteiger partial charge in [0.25, 0.3) is 0 Å². The average molecular weight is 392 g/mol. The highest BCUT2D eigenvalue weighted by Crippen LogP contribution is 2.26. The molecule has 0 radical (unpaired) electrons. The van der Waals surface area contributed by atoms with Crippen molar-refractivity contribution >= 4 is 17.2 Å². The zero-order valence-electron chi connectivity index (χ0n) is 15.6. The molecule has 1 aliphatic heterocycles. The maximum Gasteiger partial charge on any atom is 0.158 e. The number of aromatic nitrogens is 3. The fourth-order valence-corrected chi connectivity index (χ4v) is 3.97. The summed E-state index contributed by atoms with van der Waals surface area (Å²) in [6, 6.07) is 10.00. The summed E-state index contributed by atoms with van der Waals surface area (Å²) in [5.74, 6) is 1.68. The fourth-order valence-electron chi connectivity index (χ4n) is 3.15. The number of hydrogen-bond acceptors (Lipinski definition) is 8. The number of thiazole rings is 1. The third kappa shape index (κ3) is 4.11. The van der Waals surface area contributed by atoms with Crippen molar-refractivity contribution in [2.75, 3.05) is 38.2 Å². The molecular formula is C20H20N6OS. The normalized spacial score (nSPS) is 14.6. The Balaban J connectivity index is 1.33. The Kier molecular flexibility index (Phi) is 5.46. The molecule has 142 valence electrons. The Hall–Kier alpha value is -3.02. The van der Waals surface area contributed by atoms with Gasteiger partial charge in [0.1, 0.15) is 22.6 Å². The summed E-state index contributed by atoms with van der Waals surface area (Å²) < 4.78 is 5.21. The van der Waals surface area contributed by atoms with Crippen LogP contribution in [0.1, 0.15) is 11.4 Å². The van der Waals surface area contributed by atoms with Gasteiger partial charge in [0.15, 0.2) is 5.69 Å². The van der Waals surface area contributed by atoms with Crippen molar-refractivity contribution < 1.29 is 4.74 Å². The first kappa shape index (κ1) is 18.3. The van der Waals surface area contributed by atoms with E-state index in [4.69, 9.17) is 15.0 Å². The van der Waals surface area contributed by atoms with E-state index in [1.807, 2.05) is 30.3 Å². The van der Waals surface area contributed by atoms with Crippen molar-refractivity contribution in [3.63, 3.8) is 0 Å². The van der Waals surface area contributed by atoms with Gasteiger partial charge < -0.3 is 9.64 Å². The topological polar surface area (TPSA) is 78.2 Å². The molecular weight excluding hydrogens is 372 g/mol. The summed E-state index contributed by atoms with van der Waals surface area (Å²) in [5.41, 5.74) is 2.56. The molecule has 2 aromatic heterocycles. The molecule has 0 saturated carbocycles. The molecule has 0 N–H and O–H groups in total. The van der Waals surface area contributed by atoms with E-state index in [1.165, 1.54) is 6.20 Å². The monoisotopic (exact) mass is 392 g/mol. The number of rotatable bonds is 5. The van der Waals surface area contributed by atoms with E-state index in [1.54, 1.807) is 24.6 Å². The van der Waals surface area contributed by atoms with Crippen LogP contribution in [0.15, 0.2) is 42.0 Å².